The number of halogens is 4. The number of likely N-dealkylation sites (N-methyl/N-ethyl adjacent to an activating group) is 2. The van der Waals surface area contributed by atoms with Crippen LogP contribution in [0.3, 0.4) is 0 Å². The summed E-state index contributed by atoms with van der Waals surface area (Å²) >= 11 is 13.8. The Morgan fingerprint density at radius 3 is 1.38 bits per heavy atom. The van der Waals surface area contributed by atoms with Gasteiger partial charge in [0.05, 0.1) is 32.9 Å². The molecule has 96 heavy (non-hydrogen) atoms. The van der Waals surface area contributed by atoms with Crippen molar-refractivity contribution < 1.29 is 69.2 Å². The molecular formula is C61H110Cl3FN12O18P+. The van der Waals surface area contributed by atoms with Crippen molar-refractivity contribution in [2.45, 2.75) is 199 Å². The minimum Gasteiger partial charge on any atom is -0.466 e. The summed E-state index contributed by atoms with van der Waals surface area (Å²) in [5, 5.41) is 13.4. The minimum atomic E-state index is -3.22. The number of alkyl halides is 1. The Kier molecular flexibility index (Phi) is 61.1. The van der Waals surface area contributed by atoms with Crippen LogP contribution < -0.4 is 33.1 Å². The molecule has 6 heterocycles. The van der Waals surface area contributed by atoms with Crippen LogP contribution in [0.1, 0.15) is 230 Å². The number of aryl methyl sites for hydroxylation is 5. The van der Waals surface area contributed by atoms with Crippen molar-refractivity contribution in [1.29, 1.82) is 0 Å². The first-order valence-corrected chi connectivity index (χ1v) is 32.3. The number of carbonyl (C=O) groups is 10. The standard InChI is InChI=1S/C10H17N3O2.C9H13N3O2.C9H12N2O3.C8H10N2O3.C8H12O5.C7H10N2O2.C3H8.CH3F.6CH4.Cl3OP/c1-4-13-10(15)8(5-6-11-3)9(12-13)7(2)14;1-3-12-8(13)6-4-5-11(2)9(14)7(6)10-12;1-3-11-9(14)7(4-5-12)8(10-11)6(2)13;1-3-10-8(13)6(4-11)7(9-10)5(2)12;1-3-12-7(10)5-6(9)8(11)13-4-2;1-3-9-7(11)4-6(8-9)5(2)10;1-3-2;1-2;;;;;;;1-5(2,3)4/h11-12H,4-6H2,1-3H3;10H,3-5H2,1-2H3;5,10H,3-4H2,1-2H3;4,9H,3H2,1-2H3;3-5H2,1-2H3;4,8H,3H2,1-2H3;3H2,1-2H3;1H3;6*1H4;/p+1/i;;;;;;;1D;;;;;;;. The number of fused-ring (bicyclic) bond motifs is 1. The molecule has 0 bridgehead atoms. The van der Waals surface area contributed by atoms with Crippen LogP contribution in [0.2, 0.25) is 0 Å². The average molecular weight is 1460 g/mol. The zero-order valence-corrected chi connectivity index (χ0v) is 56.5. The zero-order chi connectivity index (χ0) is 71.1. The van der Waals surface area contributed by atoms with Gasteiger partial charge in [0.25, 0.3) is 39.5 Å². The molecule has 0 aliphatic carbocycles. The second kappa shape index (κ2) is 56.3. The van der Waals surface area contributed by atoms with Gasteiger partial charge in [-0.1, -0.05) is 64.8 Å². The number of aldehydes is 2. The number of ketones is 5. The fourth-order valence-electron chi connectivity index (χ4n) is 7.13. The van der Waals surface area contributed by atoms with Crippen molar-refractivity contribution in [1.82, 2.24) is 59.1 Å². The van der Waals surface area contributed by atoms with E-state index in [0.29, 0.717) is 99.4 Å². The highest BCUT2D eigenvalue weighted by atomic mass is 36.0. The van der Waals surface area contributed by atoms with Crippen molar-refractivity contribution in [3.8, 4) is 0 Å². The maximum Gasteiger partial charge on any atom is 1.00 e. The number of carbonyl (C=O) groups excluding carboxylic acids is 10. The molecule has 554 valence electrons. The number of Topliss-reactive ketones (excluding diaryl/α,β-unsaturated/α-hetero) is 5. The van der Waals surface area contributed by atoms with E-state index in [1.807, 2.05) is 27.8 Å². The number of rotatable bonds is 20. The van der Waals surface area contributed by atoms with Gasteiger partial charge in [0.1, 0.15) is 46.7 Å². The largest absolute Gasteiger partial charge is 1.00 e. The Morgan fingerprint density at radius 1 is 0.635 bits per heavy atom. The lowest BCUT2D eigenvalue weighted by molar-refractivity contribution is -0.157. The van der Waals surface area contributed by atoms with Crippen LogP contribution >= 0.6 is 38.9 Å². The molecule has 0 spiro atoms. The van der Waals surface area contributed by atoms with Gasteiger partial charge in [0.15, 0.2) is 29.4 Å². The Hall–Kier alpha value is -7.86. The Bertz CT molecular complexity index is 3540. The van der Waals surface area contributed by atoms with E-state index >= 15 is 0 Å². The molecule has 6 N–H and O–H groups in total. The van der Waals surface area contributed by atoms with Crippen LogP contribution in [0, 0.1) is 0 Å². The summed E-state index contributed by atoms with van der Waals surface area (Å²) in [6.07, 6.45) is 2.94. The van der Waals surface area contributed by atoms with Crippen molar-refractivity contribution in [3.05, 3.63) is 109 Å². The summed E-state index contributed by atoms with van der Waals surface area (Å²) in [7, 11) is 2.56. The summed E-state index contributed by atoms with van der Waals surface area (Å²) in [6, 6.07) is 1.31. The first kappa shape index (κ1) is 104. The normalized spacial score (nSPS) is 10.2. The number of amides is 1. The maximum atomic E-state index is 11.8. The van der Waals surface area contributed by atoms with Crippen LogP contribution in [-0.4, -0.2) is 161 Å². The second-order valence-electron chi connectivity index (χ2n) is 18.0. The molecular weight excluding hydrogens is 1350 g/mol. The van der Waals surface area contributed by atoms with Gasteiger partial charge in [-0.2, -0.15) is 0 Å². The molecule has 6 rings (SSSR count). The van der Waals surface area contributed by atoms with E-state index in [1.54, 1.807) is 39.6 Å². The summed E-state index contributed by atoms with van der Waals surface area (Å²) < 4.78 is 40.7. The molecule has 0 unspecified atom stereocenters. The fraction of sp³-hybridized carbons (Fsp3) is 0.590. The SMILES string of the molecule is C.C.C.C.C.C.CCC.CCOC(=O)CC(=O)C(=O)OCC.CCn1[nH]c(C(C)=O)c(C=O)c1=O.CCn1[nH]c(C(C)=O)c(CC=O)c1=O.CCn1[nH]c(C(C)=O)c(CCNC)c1=O.CCn1[nH]c(C(C)=O)cc1=O.CCn1[nH]c2c(c1=O)CCN(C)C2=O.O=P(Cl)(Cl)Cl.[2H]CF.[H+]. The quantitative estimate of drug-likeness (QED) is 0.0105. The minimum absolute atomic E-state index is 0. The summed E-state index contributed by atoms with van der Waals surface area (Å²) in [5.74, 6) is -3.41. The Labute approximate surface area is 579 Å². The van der Waals surface area contributed by atoms with E-state index in [0.717, 1.165) is 0 Å². The van der Waals surface area contributed by atoms with E-state index in [1.165, 1.54) is 63.6 Å². The molecule has 5 aromatic rings. The number of hydrogen-bond acceptors (Lipinski definition) is 19. The molecule has 0 saturated carbocycles. The number of H-pyrrole nitrogens is 5. The molecule has 30 nitrogen and oxygen atoms in total. The molecule has 1 amide bonds. The predicted molar refractivity (Wildman–Crippen MR) is 380 cm³/mol. The number of nitrogens with zero attached hydrogens (tertiary/aromatic N) is 6. The smallest absolute Gasteiger partial charge is 0.466 e. The van der Waals surface area contributed by atoms with Gasteiger partial charge in [-0.05, 0) is 109 Å². The monoisotopic (exact) mass is 1450 g/mol. The molecule has 1 aliphatic rings. The van der Waals surface area contributed by atoms with Gasteiger partial charge in [0.2, 0.25) is 0 Å². The first-order valence-electron chi connectivity index (χ1n) is 28.6. The molecule has 5 aromatic heterocycles. The third kappa shape index (κ3) is 36.9. The summed E-state index contributed by atoms with van der Waals surface area (Å²) in [6.45, 7) is 26.3. The molecule has 0 radical (unpaired) electrons. The topological polar surface area (TPSA) is 410 Å². The molecule has 1 aliphatic heterocycles. The molecule has 0 aromatic carbocycles. The highest BCUT2D eigenvalue weighted by molar-refractivity contribution is 8.24. The van der Waals surface area contributed by atoms with E-state index in [2.05, 4.69) is 87.9 Å². The number of aromatic nitrogens is 10. The predicted octanol–water partition coefficient (Wildman–Crippen LogP) is 9.55. The van der Waals surface area contributed by atoms with Crippen LogP contribution in [0.15, 0.2) is 30.0 Å². The lowest BCUT2D eigenvalue weighted by Crippen LogP contribution is -2.35. The van der Waals surface area contributed by atoms with E-state index < -0.39 is 42.1 Å². The number of nitrogens with one attached hydrogen (secondary N) is 6. The third-order valence-corrected chi connectivity index (χ3v) is 11.4. The van der Waals surface area contributed by atoms with Crippen molar-refractivity contribution >= 4 is 98.3 Å². The van der Waals surface area contributed by atoms with Crippen LogP contribution in [0.4, 0.5) is 4.39 Å². The van der Waals surface area contributed by atoms with E-state index in [9.17, 15) is 80.9 Å². The van der Waals surface area contributed by atoms with Crippen molar-refractivity contribution in [3.63, 3.8) is 0 Å². The summed E-state index contributed by atoms with van der Waals surface area (Å²) in [4.78, 5) is 168. The fourth-order valence-corrected chi connectivity index (χ4v) is 7.13. The van der Waals surface area contributed by atoms with Gasteiger partial charge in [-0.15, -0.1) is 0 Å². The van der Waals surface area contributed by atoms with Crippen LogP contribution in [0.25, 0.3) is 0 Å². The molecule has 0 fully saturated rings. The number of ether oxygens (including phenoxy) is 2. The molecule has 0 atom stereocenters. The van der Waals surface area contributed by atoms with Gasteiger partial charge >= 0.3 is 18.6 Å². The number of aromatic amines is 5. The van der Waals surface area contributed by atoms with Gasteiger partial charge in [-0.25, -0.2) is 4.79 Å². The lowest BCUT2D eigenvalue weighted by Gasteiger charge is -2.20. The van der Waals surface area contributed by atoms with Crippen LogP contribution in [0.5, 0.6) is 0 Å². The van der Waals surface area contributed by atoms with Crippen LogP contribution in [-0.2, 0) is 85.2 Å². The van der Waals surface area contributed by atoms with E-state index in [4.69, 9.17) is 1.37 Å². The average Bonchev–Trinajstić information content (AvgIpc) is 1.66. The second-order valence-corrected chi connectivity index (χ2v) is 24.7. The Morgan fingerprint density at radius 2 is 1.03 bits per heavy atom. The third-order valence-electron chi connectivity index (χ3n) is 11.4. The highest BCUT2D eigenvalue weighted by Crippen LogP contribution is 2.61. The summed E-state index contributed by atoms with van der Waals surface area (Å²) in [5.41, 5.74) is 1.97. The first-order chi connectivity index (χ1) is 42.6. The van der Waals surface area contributed by atoms with Crippen molar-refractivity contribution in [2.24, 2.45) is 0 Å². The van der Waals surface area contributed by atoms with Gasteiger partial charge in [0, 0.05) is 92.1 Å². The zero-order valence-electron chi connectivity index (χ0n) is 55.3. The number of hydrogen-bond donors (Lipinski definition) is 6. The highest BCUT2D eigenvalue weighted by Gasteiger charge is 2.27. The van der Waals surface area contributed by atoms with Crippen molar-refractivity contribution in [2.75, 3.05) is 47.6 Å². The van der Waals surface area contributed by atoms with Gasteiger partial charge < -0.3 is 24.5 Å². The molecule has 0 saturated heterocycles. The number of esters is 2. The van der Waals surface area contributed by atoms with E-state index in [-0.39, 0.29) is 139 Å². The lowest BCUT2D eigenvalue weighted by atomic mass is 10.1. The molecule has 35 heteroatoms. The Balaban J connectivity index is -0.000000113. The van der Waals surface area contributed by atoms with Gasteiger partial charge in [-0.3, -0.25) is 120 Å². The maximum absolute atomic E-state index is 11.8.